The number of amides is 2. The van der Waals surface area contributed by atoms with Crippen molar-refractivity contribution in [2.75, 3.05) is 31.9 Å². The van der Waals surface area contributed by atoms with Crippen molar-refractivity contribution in [1.29, 1.82) is 0 Å². The molecule has 1 aliphatic heterocycles. The molecule has 2 aliphatic rings. The van der Waals surface area contributed by atoms with E-state index in [4.69, 9.17) is 0 Å². The third-order valence-electron chi connectivity index (χ3n) is 4.71. The number of nitrogens with zero attached hydrogens (tertiary/aromatic N) is 2. The Morgan fingerprint density at radius 2 is 1.70 bits per heavy atom. The molecule has 1 aromatic rings. The molecule has 5 heteroatoms. The molecular weight excluding hydrogens is 308 g/mol. The van der Waals surface area contributed by atoms with Crippen molar-refractivity contribution in [3.05, 3.63) is 29.3 Å². The Morgan fingerprint density at radius 3 is 2.30 bits per heavy atom. The van der Waals surface area contributed by atoms with E-state index < -0.39 is 0 Å². The number of aryl methyl sites for hydroxylation is 2. The van der Waals surface area contributed by atoms with Gasteiger partial charge in [-0.05, 0) is 49.9 Å². The van der Waals surface area contributed by atoms with E-state index in [9.17, 15) is 9.59 Å². The second kappa shape index (κ2) is 6.95. The molecular formula is C18H24N2O2S. The van der Waals surface area contributed by atoms with Crippen LogP contribution in [-0.2, 0) is 9.59 Å². The number of rotatable bonds is 4. The van der Waals surface area contributed by atoms with Crippen LogP contribution in [0.25, 0.3) is 0 Å². The van der Waals surface area contributed by atoms with Gasteiger partial charge < -0.3 is 9.80 Å². The Kier molecular flexibility index (Phi) is 4.95. The monoisotopic (exact) mass is 332 g/mol. The predicted molar refractivity (Wildman–Crippen MR) is 92.5 cm³/mol. The van der Waals surface area contributed by atoms with Crippen LogP contribution in [-0.4, -0.2) is 53.5 Å². The van der Waals surface area contributed by atoms with Gasteiger partial charge in [0.2, 0.25) is 11.8 Å². The summed E-state index contributed by atoms with van der Waals surface area (Å²) in [6, 6.07) is 6.32. The van der Waals surface area contributed by atoms with Gasteiger partial charge in [0.25, 0.3) is 0 Å². The standard InChI is InChI=1S/C18H24N2O2S/c1-13-3-6-16(11-14(13)2)23-12-17(21)19-7-9-20(10-8-19)18(22)15-4-5-15/h3,6,11,15H,4-5,7-10,12H2,1-2H3. The molecule has 1 heterocycles. The fourth-order valence-electron chi connectivity index (χ4n) is 2.80. The Balaban J connectivity index is 1.45. The van der Waals surface area contributed by atoms with Gasteiger partial charge in [0.1, 0.15) is 0 Å². The van der Waals surface area contributed by atoms with E-state index in [1.54, 1.807) is 11.8 Å². The summed E-state index contributed by atoms with van der Waals surface area (Å²) in [6.07, 6.45) is 2.09. The van der Waals surface area contributed by atoms with Gasteiger partial charge in [-0.25, -0.2) is 0 Å². The van der Waals surface area contributed by atoms with Gasteiger partial charge in [0.05, 0.1) is 5.75 Å². The van der Waals surface area contributed by atoms with E-state index in [1.165, 1.54) is 11.1 Å². The maximum Gasteiger partial charge on any atom is 0.233 e. The third-order valence-corrected chi connectivity index (χ3v) is 5.69. The van der Waals surface area contributed by atoms with Crippen LogP contribution in [0.3, 0.4) is 0 Å². The topological polar surface area (TPSA) is 40.6 Å². The molecule has 1 saturated heterocycles. The summed E-state index contributed by atoms with van der Waals surface area (Å²) >= 11 is 1.60. The van der Waals surface area contributed by atoms with Gasteiger partial charge >= 0.3 is 0 Å². The zero-order valence-electron chi connectivity index (χ0n) is 13.9. The average Bonchev–Trinajstić information content (AvgIpc) is 3.40. The Bertz CT molecular complexity index is 605. The lowest BCUT2D eigenvalue weighted by atomic mass is 10.1. The molecule has 1 aromatic carbocycles. The molecule has 124 valence electrons. The minimum absolute atomic E-state index is 0.173. The van der Waals surface area contributed by atoms with E-state index in [2.05, 4.69) is 32.0 Å². The van der Waals surface area contributed by atoms with Crippen LogP contribution in [0.15, 0.2) is 23.1 Å². The average molecular weight is 332 g/mol. The van der Waals surface area contributed by atoms with Crippen LogP contribution < -0.4 is 0 Å². The summed E-state index contributed by atoms with van der Waals surface area (Å²) in [6.45, 7) is 6.91. The summed E-state index contributed by atoms with van der Waals surface area (Å²) in [5, 5.41) is 0. The van der Waals surface area contributed by atoms with Crippen molar-refractivity contribution in [1.82, 2.24) is 9.80 Å². The maximum atomic E-state index is 12.3. The number of hydrogen-bond donors (Lipinski definition) is 0. The van der Waals surface area contributed by atoms with Crippen LogP contribution in [0.4, 0.5) is 0 Å². The lowest BCUT2D eigenvalue weighted by molar-refractivity contribution is -0.139. The van der Waals surface area contributed by atoms with E-state index in [0.717, 1.165) is 17.7 Å². The smallest absolute Gasteiger partial charge is 0.233 e. The Hall–Kier alpha value is -1.49. The third kappa shape index (κ3) is 4.08. The summed E-state index contributed by atoms with van der Waals surface area (Å²) in [5.74, 6) is 1.21. The Labute approximate surface area is 142 Å². The molecule has 0 aromatic heterocycles. The molecule has 4 nitrogen and oxygen atoms in total. The molecule has 1 saturated carbocycles. The number of piperazine rings is 1. The van der Waals surface area contributed by atoms with Crippen molar-refractivity contribution in [2.24, 2.45) is 5.92 Å². The number of carbonyl (C=O) groups is 2. The quantitative estimate of drug-likeness (QED) is 0.796. The molecule has 0 spiro atoms. The van der Waals surface area contributed by atoms with Crippen LogP contribution in [0, 0.1) is 19.8 Å². The maximum absolute atomic E-state index is 12.3. The van der Waals surface area contributed by atoms with E-state index in [0.29, 0.717) is 37.8 Å². The predicted octanol–water partition coefficient (Wildman–Crippen LogP) is 2.48. The number of thioether (sulfide) groups is 1. The van der Waals surface area contributed by atoms with Crippen molar-refractivity contribution >= 4 is 23.6 Å². The lowest BCUT2D eigenvalue weighted by Crippen LogP contribution is -2.51. The highest BCUT2D eigenvalue weighted by molar-refractivity contribution is 8.00. The lowest BCUT2D eigenvalue weighted by Gasteiger charge is -2.35. The number of benzene rings is 1. The zero-order chi connectivity index (χ0) is 16.4. The highest BCUT2D eigenvalue weighted by atomic mass is 32.2. The molecule has 0 radical (unpaired) electrons. The van der Waals surface area contributed by atoms with E-state index in [1.807, 2.05) is 9.80 Å². The van der Waals surface area contributed by atoms with Gasteiger partial charge in [0.15, 0.2) is 0 Å². The fraction of sp³-hybridized carbons (Fsp3) is 0.556. The molecule has 2 amide bonds. The van der Waals surface area contributed by atoms with Gasteiger partial charge in [-0.1, -0.05) is 6.07 Å². The summed E-state index contributed by atoms with van der Waals surface area (Å²) in [5.41, 5.74) is 2.53. The van der Waals surface area contributed by atoms with Crippen molar-refractivity contribution in [2.45, 2.75) is 31.6 Å². The molecule has 1 aliphatic carbocycles. The van der Waals surface area contributed by atoms with Crippen molar-refractivity contribution < 1.29 is 9.59 Å². The molecule has 0 atom stereocenters. The minimum atomic E-state index is 0.173. The molecule has 0 unspecified atom stereocenters. The van der Waals surface area contributed by atoms with Crippen LogP contribution in [0.1, 0.15) is 24.0 Å². The summed E-state index contributed by atoms with van der Waals surface area (Å²) < 4.78 is 0. The molecule has 0 N–H and O–H groups in total. The molecule has 23 heavy (non-hydrogen) atoms. The number of carbonyl (C=O) groups excluding carboxylic acids is 2. The fourth-order valence-corrected chi connectivity index (χ4v) is 3.70. The highest BCUT2D eigenvalue weighted by Crippen LogP contribution is 2.31. The first kappa shape index (κ1) is 16.4. The SMILES string of the molecule is Cc1ccc(SCC(=O)N2CCN(C(=O)C3CC3)CC2)cc1C. The second-order valence-corrected chi connectivity index (χ2v) is 7.56. The largest absolute Gasteiger partial charge is 0.339 e. The Morgan fingerprint density at radius 1 is 1.04 bits per heavy atom. The molecule has 0 bridgehead atoms. The van der Waals surface area contributed by atoms with E-state index >= 15 is 0 Å². The van der Waals surface area contributed by atoms with Crippen LogP contribution in [0.5, 0.6) is 0 Å². The summed E-state index contributed by atoms with van der Waals surface area (Å²) in [7, 11) is 0. The minimum Gasteiger partial charge on any atom is -0.339 e. The normalized spacial score (nSPS) is 18.2. The van der Waals surface area contributed by atoms with Gasteiger partial charge in [-0.15, -0.1) is 11.8 Å². The van der Waals surface area contributed by atoms with Crippen LogP contribution in [0.2, 0.25) is 0 Å². The first-order valence-corrected chi connectivity index (χ1v) is 9.30. The van der Waals surface area contributed by atoms with E-state index in [-0.39, 0.29) is 11.8 Å². The first-order valence-electron chi connectivity index (χ1n) is 8.31. The zero-order valence-corrected chi connectivity index (χ0v) is 14.7. The molecule has 3 rings (SSSR count). The van der Waals surface area contributed by atoms with Crippen molar-refractivity contribution in [3.63, 3.8) is 0 Å². The van der Waals surface area contributed by atoms with Crippen LogP contribution >= 0.6 is 11.8 Å². The highest BCUT2D eigenvalue weighted by Gasteiger charge is 2.35. The van der Waals surface area contributed by atoms with Gasteiger partial charge in [0, 0.05) is 37.0 Å². The first-order chi connectivity index (χ1) is 11.0. The number of hydrogen-bond acceptors (Lipinski definition) is 3. The molecule has 2 fully saturated rings. The van der Waals surface area contributed by atoms with Crippen molar-refractivity contribution in [3.8, 4) is 0 Å². The van der Waals surface area contributed by atoms with Gasteiger partial charge in [-0.3, -0.25) is 9.59 Å². The summed E-state index contributed by atoms with van der Waals surface area (Å²) in [4.78, 5) is 29.3. The van der Waals surface area contributed by atoms with Gasteiger partial charge in [-0.2, -0.15) is 0 Å². The second-order valence-electron chi connectivity index (χ2n) is 6.52.